The van der Waals surface area contributed by atoms with Crippen molar-refractivity contribution in [2.45, 2.75) is 40.2 Å². The van der Waals surface area contributed by atoms with E-state index in [1.54, 1.807) is 20.8 Å². The average molecular weight is 468 g/mol. The van der Waals surface area contributed by atoms with Crippen molar-refractivity contribution in [2.75, 3.05) is 33.8 Å². The van der Waals surface area contributed by atoms with E-state index in [9.17, 15) is 19.5 Å². The van der Waals surface area contributed by atoms with Crippen molar-refractivity contribution < 1.29 is 24.2 Å². The maximum absolute atomic E-state index is 13.2. The van der Waals surface area contributed by atoms with E-state index in [4.69, 9.17) is 4.74 Å². The van der Waals surface area contributed by atoms with Crippen LogP contribution in [0, 0.1) is 20.8 Å². The lowest BCUT2D eigenvalue weighted by Crippen LogP contribution is -2.32. The van der Waals surface area contributed by atoms with Gasteiger partial charge in [0, 0.05) is 17.8 Å². The molecule has 0 aliphatic carbocycles. The summed E-state index contributed by atoms with van der Waals surface area (Å²) in [6.07, 6.45) is 0.678. The third-order valence-corrected chi connectivity index (χ3v) is 6.09. The van der Waals surface area contributed by atoms with Crippen molar-refractivity contribution in [3.05, 3.63) is 63.5 Å². The molecule has 2 N–H and O–H groups in total. The van der Waals surface area contributed by atoms with Gasteiger partial charge in [-0.05, 0) is 65.9 Å². The predicted octanol–water partition coefficient (Wildman–Crippen LogP) is 3.49. The first kappa shape index (κ1) is 25.2. The Morgan fingerprint density at radius 2 is 1.79 bits per heavy atom. The summed E-state index contributed by atoms with van der Waals surface area (Å²) in [5, 5.41) is 11.4. The number of ether oxygens (including phenoxy) is 1. The van der Waals surface area contributed by atoms with Gasteiger partial charge in [0.05, 0.1) is 18.2 Å². The number of benzene rings is 1. The van der Waals surface area contributed by atoms with E-state index in [1.807, 2.05) is 50.2 Å². The van der Waals surface area contributed by atoms with Crippen LogP contribution in [0.3, 0.4) is 0 Å². The Morgan fingerprint density at radius 3 is 2.38 bits per heavy atom. The summed E-state index contributed by atoms with van der Waals surface area (Å²) in [5.41, 5.74) is 3.35. The fourth-order valence-electron chi connectivity index (χ4n) is 4.41. The maximum Gasteiger partial charge on any atom is 0.355 e. The molecule has 1 fully saturated rings. The Balaban J connectivity index is 2.15. The van der Waals surface area contributed by atoms with Crippen LogP contribution in [0.15, 0.2) is 29.8 Å². The first-order valence-corrected chi connectivity index (χ1v) is 11.4. The van der Waals surface area contributed by atoms with Gasteiger partial charge < -0.3 is 24.6 Å². The van der Waals surface area contributed by atoms with Crippen LogP contribution < -0.4 is 0 Å². The van der Waals surface area contributed by atoms with Gasteiger partial charge in [-0.3, -0.25) is 9.59 Å². The Bertz CT molecular complexity index is 1130. The van der Waals surface area contributed by atoms with Crippen LogP contribution in [0.1, 0.15) is 57.8 Å². The van der Waals surface area contributed by atoms with Gasteiger partial charge in [0.2, 0.25) is 0 Å². The minimum atomic E-state index is -0.731. The Hall–Kier alpha value is -3.39. The molecule has 1 atom stereocenters. The number of nitrogens with zero attached hydrogens (tertiary/aromatic N) is 2. The molecule has 0 unspecified atom stereocenters. The standard InChI is InChI=1S/C26H33N3O5/c1-7-34-26(33)21-16(3)19(17(4)27-21)23(30)20-22(18-11-9-15(2)10-12-18)29(25(32)24(20)31)14-8-13-28(5)6/h9-12,22,27,30H,7-8,13-14H2,1-6H3/t22-/m0/s1. The molecule has 1 saturated heterocycles. The molecule has 0 bridgehead atoms. The van der Waals surface area contributed by atoms with Crippen LogP contribution in [-0.4, -0.2) is 71.3 Å². The number of esters is 1. The van der Waals surface area contributed by atoms with Gasteiger partial charge in [0.15, 0.2) is 0 Å². The lowest BCUT2D eigenvalue weighted by molar-refractivity contribution is -0.139. The van der Waals surface area contributed by atoms with E-state index in [1.165, 1.54) is 4.90 Å². The van der Waals surface area contributed by atoms with Crippen molar-refractivity contribution >= 4 is 23.4 Å². The molecule has 1 amide bonds. The van der Waals surface area contributed by atoms with Crippen LogP contribution in [0.5, 0.6) is 0 Å². The summed E-state index contributed by atoms with van der Waals surface area (Å²) in [6.45, 7) is 8.39. The molecule has 34 heavy (non-hydrogen) atoms. The maximum atomic E-state index is 13.2. The number of nitrogens with one attached hydrogen (secondary N) is 1. The summed E-state index contributed by atoms with van der Waals surface area (Å²) in [6, 6.07) is 6.86. The zero-order valence-corrected chi connectivity index (χ0v) is 20.7. The molecule has 0 spiro atoms. The highest BCUT2D eigenvalue weighted by Crippen LogP contribution is 2.41. The molecule has 2 heterocycles. The molecule has 1 aromatic carbocycles. The molecule has 8 heteroatoms. The Morgan fingerprint density at radius 1 is 1.15 bits per heavy atom. The fraction of sp³-hybridized carbons (Fsp3) is 0.423. The van der Waals surface area contributed by atoms with Crippen LogP contribution in [0.2, 0.25) is 0 Å². The number of Topliss-reactive ketones (excluding diaryl/α,β-unsaturated/α-hetero) is 1. The van der Waals surface area contributed by atoms with E-state index in [0.717, 1.165) is 17.7 Å². The third kappa shape index (κ3) is 4.77. The van der Waals surface area contributed by atoms with Gasteiger partial charge >= 0.3 is 5.97 Å². The quantitative estimate of drug-likeness (QED) is 0.267. The third-order valence-electron chi connectivity index (χ3n) is 6.09. The van der Waals surface area contributed by atoms with Crippen molar-refractivity contribution in [2.24, 2.45) is 0 Å². The molecule has 0 saturated carbocycles. The second kappa shape index (κ2) is 10.3. The number of aryl methyl sites for hydroxylation is 2. The van der Waals surface area contributed by atoms with Crippen molar-refractivity contribution in [3.8, 4) is 0 Å². The van der Waals surface area contributed by atoms with Gasteiger partial charge in [-0.25, -0.2) is 4.79 Å². The number of aliphatic hydroxyl groups is 1. The number of hydrogen-bond acceptors (Lipinski definition) is 6. The fourth-order valence-corrected chi connectivity index (χ4v) is 4.41. The lowest BCUT2D eigenvalue weighted by atomic mass is 9.93. The number of carbonyl (C=O) groups is 3. The van der Waals surface area contributed by atoms with E-state index in [0.29, 0.717) is 29.8 Å². The van der Waals surface area contributed by atoms with Crippen LogP contribution in [0.4, 0.5) is 0 Å². The van der Waals surface area contributed by atoms with Gasteiger partial charge in [0.1, 0.15) is 11.5 Å². The summed E-state index contributed by atoms with van der Waals surface area (Å²) < 4.78 is 5.10. The monoisotopic (exact) mass is 467 g/mol. The van der Waals surface area contributed by atoms with Gasteiger partial charge in [-0.2, -0.15) is 0 Å². The molecule has 0 radical (unpaired) electrons. The summed E-state index contributed by atoms with van der Waals surface area (Å²) >= 11 is 0. The van der Waals surface area contributed by atoms with Crippen LogP contribution >= 0.6 is 0 Å². The zero-order valence-electron chi connectivity index (χ0n) is 20.7. The smallest absolute Gasteiger partial charge is 0.355 e. The SMILES string of the molecule is CCOC(=O)c1[nH]c(C)c(C(O)=C2C(=O)C(=O)N(CCCN(C)C)[C@H]2c2ccc(C)cc2)c1C. The minimum absolute atomic E-state index is 0.0271. The van der Waals surface area contributed by atoms with Gasteiger partial charge in [-0.15, -0.1) is 0 Å². The highest BCUT2D eigenvalue weighted by atomic mass is 16.5. The summed E-state index contributed by atoms with van der Waals surface area (Å²) in [5.74, 6) is -2.20. The normalized spacial score (nSPS) is 17.6. The van der Waals surface area contributed by atoms with E-state index in [2.05, 4.69) is 4.98 Å². The molecule has 182 valence electrons. The lowest BCUT2D eigenvalue weighted by Gasteiger charge is -2.26. The molecule has 1 aliphatic heterocycles. The molecule has 3 rings (SSSR count). The number of rotatable bonds is 8. The second-order valence-electron chi connectivity index (χ2n) is 8.91. The number of ketones is 1. The number of hydrogen-bond donors (Lipinski definition) is 2. The number of likely N-dealkylation sites (tertiary alicyclic amines) is 1. The van der Waals surface area contributed by atoms with E-state index in [-0.39, 0.29) is 23.6 Å². The highest BCUT2D eigenvalue weighted by Gasteiger charge is 2.46. The topological polar surface area (TPSA) is 103 Å². The number of aromatic nitrogens is 1. The van der Waals surface area contributed by atoms with Gasteiger partial charge in [-0.1, -0.05) is 29.8 Å². The first-order chi connectivity index (χ1) is 16.1. The van der Waals surface area contributed by atoms with Gasteiger partial charge in [0.25, 0.3) is 11.7 Å². The zero-order chi connectivity index (χ0) is 25.2. The Labute approximate surface area is 200 Å². The molecular formula is C26H33N3O5. The number of amides is 1. The van der Waals surface area contributed by atoms with Crippen molar-refractivity contribution in [1.82, 2.24) is 14.8 Å². The summed E-state index contributed by atoms with van der Waals surface area (Å²) in [7, 11) is 3.90. The van der Waals surface area contributed by atoms with Crippen LogP contribution in [-0.2, 0) is 14.3 Å². The number of H-pyrrole nitrogens is 1. The van der Waals surface area contributed by atoms with Crippen molar-refractivity contribution in [1.29, 1.82) is 0 Å². The summed E-state index contributed by atoms with van der Waals surface area (Å²) in [4.78, 5) is 45.2. The molecule has 2 aromatic rings. The Kier molecular flexibility index (Phi) is 7.61. The van der Waals surface area contributed by atoms with Crippen LogP contribution in [0.25, 0.3) is 5.76 Å². The molecule has 1 aliphatic rings. The molecule has 1 aromatic heterocycles. The predicted molar refractivity (Wildman–Crippen MR) is 130 cm³/mol. The molecular weight excluding hydrogens is 434 g/mol. The molecule has 8 nitrogen and oxygen atoms in total. The first-order valence-electron chi connectivity index (χ1n) is 11.4. The number of carbonyl (C=O) groups excluding carboxylic acids is 3. The minimum Gasteiger partial charge on any atom is -0.507 e. The van der Waals surface area contributed by atoms with Crippen molar-refractivity contribution in [3.63, 3.8) is 0 Å². The average Bonchev–Trinajstić information content (AvgIpc) is 3.21. The highest BCUT2D eigenvalue weighted by molar-refractivity contribution is 6.46. The number of aromatic amines is 1. The second-order valence-corrected chi connectivity index (χ2v) is 8.91. The van der Waals surface area contributed by atoms with E-state index >= 15 is 0 Å². The number of aliphatic hydroxyl groups excluding tert-OH is 1. The largest absolute Gasteiger partial charge is 0.507 e. The van der Waals surface area contributed by atoms with E-state index < -0.39 is 23.7 Å².